The van der Waals surface area contributed by atoms with E-state index >= 15 is 0 Å². The molecule has 0 fully saturated rings. The van der Waals surface area contributed by atoms with Gasteiger partial charge in [-0.15, -0.1) is 0 Å². The van der Waals surface area contributed by atoms with Gasteiger partial charge >= 0.3 is 6.18 Å². The Morgan fingerprint density at radius 1 is 1.18 bits per heavy atom. The highest BCUT2D eigenvalue weighted by Crippen LogP contribution is 2.43. The average molecular weight is 322 g/mol. The van der Waals surface area contributed by atoms with Gasteiger partial charge in [-0.25, -0.2) is 4.39 Å². The molecule has 22 heavy (non-hydrogen) atoms. The van der Waals surface area contributed by atoms with Crippen molar-refractivity contribution in [3.63, 3.8) is 0 Å². The lowest BCUT2D eigenvalue weighted by molar-refractivity contribution is -0.277. The third-order valence-electron chi connectivity index (χ3n) is 4.06. The smallest absolute Gasteiger partial charge is 0.393 e. The maximum atomic E-state index is 13.7. The molecule has 1 aliphatic rings. The van der Waals surface area contributed by atoms with Crippen LogP contribution < -0.4 is 0 Å². The summed E-state index contributed by atoms with van der Waals surface area (Å²) in [5, 5.41) is 18.8. The SMILES string of the molecule is CC(C)(C[C@@](O)(CO)C(F)(F)F)c1cc(F)cc2c1COC2. The number of halogens is 4. The van der Waals surface area contributed by atoms with Crippen LogP contribution in [0.5, 0.6) is 0 Å². The minimum atomic E-state index is -4.98. The summed E-state index contributed by atoms with van der Waals surface area (Å²) in [4.78, 5) is 0. The second kappa shape index (κ2) is 5.47. The van der Waals surface area contributed by atoms with Crippen molar-refractivity contribution in [2.45, 2.75) is 50.7 Å². The lowest BCUT2D eigenvalue weighted by Crippen LogP contribution is -2.52. The molecule has 0 saturated heterocycles. The van der Waals surface area contributed by atoms with Crippen molar-refractivity contribution in [2.75, 3.05) is 6.61 Å². The quantitative estimate of drug-likeness (QED) is 0.838. The zero-order chi connectivity index (χ0) is 16.8. The Kier molecular flexibility index (Phi) is 4.27. The first-order chi connectivity index (χ1) is 10.00. The van der Waals surface area contributed by atoms with Crippen LogP contribution in [-0.4, -0.2) is 28.6 Å². The Morgan fingerprint density at radius 3 is 2.36 bits per heavy atom. The lowest BCUT2D eigenvalue weighted by atomic mass is 9.73. The molecule has 1 heterocycles. The van der Waals surface area contributed by atoms with Gasteiger partial charge in [0.05, 0.1) is 19.8 Å². The van der Waals surface area contributed by atoms with E-state index in [1.807, 2.05) is 0 Å². The van der Waals surface area contributed by atoms with E-state index in [0.717, 1.165) is 0 Å². The second-order valence-electron chi connectivity index (χ2n) is 6.33. The molecule has 0 spiro atoms. The number of rotatable bonds is 4. The van der Waals surface area contributed by atoms with Crippen molar-refractivity contribution >= 4 is 0 Å². The maximum Gasteiger partial charge on any atom is 0.419 e. The molecule has 1 atom stereocenters. The van der Waals surface area contributed by atoms with E-state index in [-0.39, 0.29) is 13.2 Å². The summed E-state index contributed by atoms with van der Waals surface area (Å²) < 4.78 is 57.9. The molecule has 2 rings (SSSR count). The number of fused-ring (bicyclic) bond motifs is 1. The Bertz CT molecular complexity index is 569. The molecule has 3 nitrogen and oxygen atoms in total. The van der Waals surface area contributed by atoms with Crippen LogP contribution in [0.4, 0.5) is 17.6 Å². The first-order valence-electron chi connectivity index (χ1n) is 6.80. The molecule has 1 aromatic rings. The van der Waals surface area contributed by atoms with E-state index in [1.165, 1.54) is 26.0 Å². The van der Waals surface area contributed by atoms with E-state index < -0.39 is 36.0 Å². The Balaban J connectivity index is 2.43. The monoisotopic (exact) mass is 322 g/mol. The molecule has 1 aliphatic heterocycles. The predicted molar refractivity (Wildman–Crippen MR) is 70.6 cm³/mol. The molecular formula is C15H18F4O3. The second-order valence-corrected chi connectivity index (χ2v) is 6.33. The highest BCUT2D eigenvalue weighted by atomic mass is 19.4. The van der Waals surface area contributed by atoms with E-state index in [1.54, 1.807) is 0 Å². The van der Waals surface area contributed by atoms with Gasteiger partial charge in [-0.1, -0.05) is 13.8 Å². The van der Waals surface area contributed by atoms with E-state index in [4.69, 9.17) is 9.84 Å². The summed E-state index contributed by atoms with van der Waals surface area (Å²) in [5.74, 6) is -0.563. The summed E-state index contributed by atoms with van der Waals surface area (Å²) in [6.07, 6.45) is -5.76. The summed E-state index contributed by atoms with van der Waals surface area (Å²) in [7, 11) is 0. The van der Waals surface area contributed by atoms with E-state index in [9.17, 15) is 22.7 Å². The third-order valence-corrected chi connectivity index (χ3v) is 4.06. The first kappa shape index (κ1) is 17.2. The Hall–Kier alpha value is -1.18. The fourth-order valence-electron chi connectivity index (χ4n) is 2.93. The van der Waals surface area contributed by atoms with Crippen molar-refractivity contribution in [3.8, 4) is 0 Å². The number of hydrogen-bond acceptors (Lipinski definition) is 3. The Morgan fingerprint density at radius 2 is 1.82 bits per heavy atom. The summed E-state index contributed by atoms with van der Waals surface area (Å²) in [6, 6.07) is 2.46. The zero-order valence-corrected chi connectivity index (χ0v) is 12.3. The molecule has 124 valence electrons. The van der Waals surface area contributed by atoms with Crippen LogP contribution in [0.2, 0.25) is 0 Å². The molecule has 7 heteroatoms. The molecular weight excluding hydrogens is 304 g/mol. The first-order valence-corrected chi connectivity index (χ1v) is 6.80. The van der Waals surface area contributed by atoms with Crippen LogP contribution in [0, 0.1) is 5.82 Å². The Labute approximate surface area is 125 Å². The van der Waals surface area contributed by atoms with Gasteiger partial charge in [-0.2, -0.15) is 13.2 Å². The van der Waals surface area contributed by atoms with Gasteiger partial charge in [-0.3, -0.25) is 0 Å². The number of aliphatic hydroxyl groups excluding tert-OH is 1. The minimum Gasteiger partial charge on any atom is -0.393 e. The molecule has 2 N–H and O–H groups in total. The molecule has 0 saturated carbocycles. The third kappa shape index (κ3) is 2.98. The standard InChI is InChI=1S/C15H18F4O3/c1-13(2,7-14(21,8-20)15(17,18)19)12-4-10(16)3-9-5-22-6-11(9)12/h3-4,20-21H,5-8H2,1-2H3/t14-/m1/s1. The largest absolute Gasteiger partial charge is 0.419 e. The van der Waals surface area contributed by atoms with Crippen molar-refractivity contribution in [1.29, 1.82) is 0 Å². The van der Waals surface area contributed by atoms with Crippen LogP contribution in [0.1, 0.15) is 37.0 Å². The van der Waals surface area contributed by atoms with E-state index in [0.29, 0.717) is 16.7 Å². The molecule has 0 aromatic heterocycles. The minimum absolute atomic E-state index is 0.192. The molecule has 1 aromatic carbocycles. The zero-order valence-electron chi connectivity index (χ0n) is 12.3. The van der Waals surface area contributed by atoms with Crippen LogP contribution >= 0.6 is 0 Å². The van der Waals surface area contributed by atoms with Crippen molar-refractivity contribution in [2.24, 2.45) is 0 Å². The van der Waals surface area contributed by atoms with Gasteiger partial charge in [0, 0.05) is 0 Å². The van der Waals surface area contributed by atoms with Gasteiger partial charge in [-0.05, 0) is 40.7 Å². The van der Waals surface area contributed by atoms with Crippen molar-refractivity contribution < 1.29 is 32.5 Å². The van der Waals surface area contributed by atoms with Gasteiger partial charge < -0.3 is 14.9 Å². The lowest BCUT2D eigenvalue weighted by Gasteiger charge is -2.37. The maximum absolute atomic E-state index is 13.7. The normalized spacial score (nSPS) is 18.2. The molecule has 0 aliphatic carbocycles. The number of aliphatic hydroxyl groups is 2. The van der Waals surface area contributed by atoms with Crippen molar-refractivity contribution in [1.82, 2.24) is 0 Å². The average Bonchev–Trinajstić information content (AvgIpc) is 2.83. The van der Waals surface area contributed by atoms with Crippen LogP contribution in [0.3, 0.4) is 0 Å². The fourth-order valence-corrected chi connectivity index (χ4v) is 2.93. The molecule has 0 radical (unpaired) electrons. The van der Waals surface area contributed by atoms with Gasteiger partial charge in [0.2, 0.25) is 0 Å². The van der Waals surface area contributed by atoms with Gasteiger partial charge in [0.25, 0.3) is 0 Å². The summed E-state index contributed by atoms with van der Waals surface area (Å²) in [6.45, 7) is 1.91. The molecule has 0 bridgehead atoms. The molecule has 0 unspecified atom stereocenters. The summed E-state index contributed by atoms with van der Waals surface area (Å²) >= 11 is 0. The fraction of sp³-hybridized carbons (Fsp3) is 0.600. The van der Waals surface area contributed by atoms with Crippen LogP contribution in [-0.2, 0) is 23.4 Å². The van der Waals surface area contributed by atoms with Crippen molar-refractivity contribution in [3.05, 3.63) is 34.6 Å². The highest BCUT2D eigenvalue weighted by Gasteiger charge is 2.55. The number of hydrogen-bond donors (Lipinski definition) is 2. The van der Waals surface area contributed by atoms with Crippen LogP contribution in [0.15, 0.2) is 12.1 Å². The van der Waals surface area contributed by atoms with Gasteiger partial charge in [0.1, 0.15) is 5.82 Å². The topological polar surface area (TPSA) is 49.7 Å². The molecule has 0 amide bonds. The van der Waals surface area contributed by atoms with Crippen LogP contribution in [0.25, 0.3) is 0 Å². The predicted octanol–water partition coefficient (Wildman–Crippen LogP) is 2.81. The highest BCUT2D eigenvalue weighted by molar-refractivity contribution is 5.41. The van der Waals surface area contributed by atoms with Gasteiger partial charge in [0.15, 0.2) is 5.60 Å². The summed E-state index contributed by atoms with van der Waals surface area (Å²) in [5.41, 5.74) is -2.84. The number of benzene rings is 1. The number of ether oxygens (including phenoxy) is 1. The number of alkyl halides is 3. The van der Waals surface area contributed by atoms with E-state index in [2.05, 4.69) is 0 Å².